The molecule has 0 bridgehead atoms. The number of nitrogens with zero attached hydrogens (tertiary/aromatic N) is 2. The Balaban J connectivity index is 2.30. The maximum Gasteiger partial charge on any atom is 0.0261 e. The fourth-order valence-electron chi connectivity index (χ4n) is 2.09. The van der Waals surface area contributed by atoms with Gasteiger partial charge in [-0.25, -0.2) is 0 Å². The Morgan fingerprint density at radius 1 is 1.13 bits per heavy atom. The highest BCUT2D eigenvalue weighted by molar-refractivity contribution is 6.18. The zero-order valence-corrected chi connectivity index (χ0v) is 11.3. The number of hydrogen-bond donors (Lipinski definition) is 0. The summed E-state index contributed by atoms with van der Waals surface area (Å²) in [6, 6.07) is 0. The lowest BCUT2D eigenvalue weighted by atomic mass is 10.0. The molecular weight excluding hydrogens is 208 g/mol. The third-order valence-electron chi connectivity index (χ3n) is 3.15. The summed E-state index contributed by atoms with van der Waals surface area (Å²) < 4.78 is 0. The molecule has 0 radical (unpaired) electrons. The first-order valence-corrected chi connectivity index (χ1v) is 6.50. The highest BCUT2D eigenvalue weighted by atomic mass is 35.5. The highest BCUT2D eigenvalue weighted by Crippen LogP contribution is 2.16. The molecule has 1 aliphatic heterocycles. The second-order valence-electron chi connectivity index (χ2n) is 5.72. The van der Waals surface area contributed by atoms with E-state index in [0.717, 1.165) is 12.4 Å². The molecule has 90 valence electrons. The maximum absolute atomic E-state index is 5.84. The van der Waals surface area contributed by atoms with Crippen molar-refractivity contribution in [2.75, 3.05) is 38.6 Å². The molecule has 0 amide bonds. The van der Waals surface area contributed by atoms with Crippen molar-refractivity contribution >= 4 is 11.6 Å². The van der Waals surface area contributed by atoms with E-state index in [1.54, 1.807) is 0 Å². The quantitative estimate of drug-likeness (QED) is 0.689. The molecular formula is C12H25ClN2. The van der Waals surface area contributed by atoms with Gasteiger partial charge in [0, 0.05) is 44.1 Å². The molecule has 1 unspecified atom stereocenters. The number of rotatable bonds is 3. The minimum atomic E-state index is 0.324. The van der Waals surface area contributed by atoms with Gasteiger partial charge in [-0.05, 0) is 26.7 Å². The lowest BCUT2D eigenvalue weighted by molar-refractivity contribution is 0.0577. The topological polar surface area (TPSA) is 6.48 Å². The highest BCUT2D eigenvalue weighted by Gasteiger charge is 2.25. The van der Waals surface area contributed by atoms with Gasteiger partial charge in [0.05, 0.1) is 0 Å². The number of hydrogen-bond acceptors (Lipinski definition) is 2. The molecule has 0 saturated carbocycles. The van der Waals surface area contributed by atoms with Gasteiger partial charge in [0.25, 0.3) is 0 Å². The minimum absolute atomic E-state index is 0.324. The lowest BCUT2D eigenvalue weighted by Gasteiger charge is -2.42. The maximum atomic E-state index is 5.84. The van der Waals surface area contributed by atoms with E-state index in [1.165, 1.54) is 26.2 Å². The molecule has 1 saturated heterocycles. The first-order valence-electron chi connectivity index (χ1n) is 5.97. The zero-order valence-electron chi connectivity index (χ0n) is 10.6. The van der Waals surface area contributed by atoms with Gasteiger partial charge in [-0.3, -0.25) is 4.90 Å². The summed E-state index contributed by atoms with van der Waals surface area (Å²) in [6.45, 7) is 15.0. The van der Waals surface area contributed by atoms with Crippen LogP contribution in [0.25, 0.3) is 0 Å². The van der Waals surface area contributed by atoms with E-state index in [0.29, 0.717) is 11.5 Å². The summed E-state index contributed by atoms with van der Waals surface area (Å²) in [5, 5.41) is 0. The number of piperazine rings is 1. The van der Waals surface area contributed by atoms with Gasteiger partial charge in [-0.2, -0.15) is 0 Å². The van der Waals surface area contributed by atoms with Crippen molar-refractivity contribution in [1.82, 2.24) is 9.80 Å². The molecule has 0 N–H and O–H groups in total. The van der Waals surface area contributed by atoms with Crippen LogP contribution in [0.1, 0.15) is 27.7 Å². The SMILES string of the molecule is CC(CCl)CN1CCN(C(C)(C)C)CC1. The number of halogens is 1. The molecule has 0 aromatic rings. The van der Waals surface area contributed by atoms with Crippen LogP contribution in [0.2, 0.25) is 0 Å². The Kier molecular flexibility index (Phi) is 4.88. The van der Waals surface area contributed by atoms with Gasteiger partial charge in [0.2, 0.25) is 0 Å². The van der Waals surface area contributed by atoms with Crippen LogP contribution in [0, 0.1) is 5.92 Å². The molecule has 1 heterocycles. The summed E-state index contributed by atoms with van der Waals surface area (Å²) >= 11 is 5.84. The van der Waals surface area contributed by atoms with E-state index >= 15 is 0 Å². The fraction of sp³-hybridized carbons (Fsp3) is 1.00. The van der Waals surface area contributed by atoms with Crippen LogP contribution in [-0.2, 0) is 0 Å². The molecule has 0 spiro atoms. The minimum Gasteiger partial charge on any atom is -0.300 e. The van der Waals surface area contributed by atoms with Gasteiger partial charge in [-0.1, -0.05) is 6.92 Å². The average Bonchev–Trinajstić information content (AvgIpc) is 2.17. The van der Waals surface area contributed by atoms with E-state index in [1.807, 2.05) is 0 Å². The van der Waals surface area contributed by atoms with E-state index < -0.39 is 0 Å². The Labute approximate surface area is 99.6 Å². The van der Waals surface area contributed by atoms with Gasteiger partial charge in [-0.15, -0.1) is 11.6 Å². The van der Waals surface area contributed by atoms with E-state index in [2.05, 4.69) is 37.5 Å². The molecule has 1 atom stereocenters. The lowest BCUT2D eigenvalue weighted by Crippen LogP contribution is -2.54. The second-order valence-corrected chi connectivity index (χ2v) is 6.03. The van der Waals surface area contributed by atoms with Crippen molar-refractivity contribution in [2.45, 2.75) is 33.2 Å². The number of alkyl halides is 1. The predicted octanol–water partition coefficient (Wildman–Crippen LogP) is 2.28. The van der Waals surface area contributed by atoms with E-state index in [-0.39, 0.29) is 0 Å². The van der Waals surface area contributed by atoms with Gasteiger partial charge >= 0.3 is 0 Å². The van der Waals surface area contributed by atoms with Crippen LogP contribution in [0.15, 0.2) is 0 Å². The molecule has 3 heteroatoms. The summed E-state index contributed by atoms with van der Waals surface area (Å²) in [4.78, 5) is 5.10. The molecule has 1 fully saturated rings. The van der Waals surface area contributed by atoms with Crippen molar-refractivity contribution in [2.24, 2.45) is 5.92 Å². The zero-order chi connectivity index (χ0) is 11.5. The third kappa shape index (κ3) is 4.29. The largest absolute Gasteiger partial charge is 0.300 e. The fourth-order valence-corrected chi connectivity index (χ4v) is 2.19. The molecule has 1 aliphatic rings. The Bertz CT molecular complexity index is 181. The van der Waals surface area contributed by atoms with Crippen LogP contribution < -0.4 is 0 Å². The van der Waals surface area contributed by atoms with Crippen LogP contribution in [0.4, 0.5) is 0 Å². The Morgan fingerprint density at radius 3 is 2.07 bits per heavy atom. The van der Waals surface area contributed by atoms with Crippen molar-refractivity contribution in [3.63, 3.8) is 0 Å². The molecule has 0 aromatic heterocycles. The standard InChI is InChI=1S/C12H25ClN2/c1-11(9-13)10-14-5-7-15(8-6-14)12(2,3)4/h11H,5-10H2,1-4H3. The van der Waals surface area contributed by atoms with Crippen molar-refractivity contribution in [1.29, 1.82) is 0 Å². The van der Waals surface area contributed by atoms with Gasteiger partial charge in [0.1, 0.15) is 0 Å². The molecule has 0 aromatic carbocycles. The second kappa shape index (κ2) is 5.51. The first-order chi connectivity index (χ1) is 6.93. The third-order valence-corrected chi connectivity index (χ3v) is 3.68. The predicted molar refractivity (Wildman–Crippen MR) is 67.7 cm³/mol. The van der Waals surface area contributed by atoms with Gasteiger partial charge < -0.3 is 4.90 Å². The Hall–Kier alpha value is 0.210. The molecule has 1 rings (SSSR count). The first kappa shape index (κ1) is 13.3. The van der Waals surface area contributed by atoms with E-state index in [9.17, 15) is 0 Å². The van der Waals surface area contributed by atoms with Crippen LogP contribution in [-0.4, -0.2) is 53.9 Å². The molecule has 2 nitrogen and oxygen atoms in total. The van der Waals surface area contributed by atoms with Crippen LogP contribution in [0.3, 0.4) is 0 Å². The normalized spacial score (nSPS) is 23.0. The van der Waals surface area contributed by atoms with Crippen LogP contribution >= 0.6 is 11.6 Å². The summed E-state index contributed by atoms with van der Waals surface area (Å²) in [5.74, 6) is 1.40. The van der Waals surface area contributed by atoms with Crippen molar-refractivity contribution in [3.05, 3.63) is 0 Å². The van der Waals surface area contributed by atoms with E-state index in [4.69, 9.17) is 11.6 Å². The summed E-state index contributed by atoms with van der Waals surface area (Å²) in [7, 11) is 0. The summed E-state index contributed by atoms with van der Waals surface area (Å²) in [6.07, 6.45) is 0. The molecule has 0 aliphatic carbocycles. The monoisotopic (exact) mass is 232 g/mol. The van der Waals surface area contributed by atoms with Crippen molar-refractivity contribution < 1.29 is 0 Å². The van der Waals surface area contributed by atoms with Crippen LogP contribution in [0.5, 0.6) is 0 Å². The summed E-state index contributed by atoms with van der Waals surface area (Å²) in [5.41, 5.74) is 0.324. The van der Waals surface area contributed by atoms with Gasteiger partial charge in [0.15, 0.2) is 0 Å². The van der Waals surface area contributed by atoms with Crippen molar-refractivity contribution in [3.8, 4) is 0 Å². The Morgan fingerprint density at radius 2 is 1.67 bits per heavy atom. The molecule has 15 heavy (non-hydrogen) atoms. The smallest absolute Gasteiger partial charge is 0.0261 e. The average molecular weight is 233 g/mol.